The molecule has 0 aliphatic carbocycles. The number of aliphatic carboxylic acids is 1. The van der Waals surface area contributed by atoms with Gasteiger partial charge < -0.3 is 19.5 Å². The quantitative estimate of drug-likeness (QED) is 0.797. The molecule has 1 saturated heterocycles. The van der Waals surface area contributed by atoms with Crippen LogP contribution in [0.4, 0.5) is 4.79 Å². The van der Waals surface area contributed by atoms with Gasteiger partial charge in [-0.05, 0) is 26.3 Å². The van der Waals surface area contributed by atoms with E-state index in [0.717, 1.165) is 10.5 Å². The number of hydrogen-bond donors (Lipinski definition) is 1. The molecule has 0 saturated carbocycles. The van der Waals surface area contributed by atoms with Gasteiger partial charge in [0, 0.05) is 19.6 Å². The van der Waals surface area contributed by atoms with E-state index in [2.05, 4.69) is 0 Å². The van der Waals surface area contributed by atoms with Crippen molar-refractivity contribution in [2.45, 2.75) is 45.4 Å². The number of hydrogen-bond acceptors (Lipinski definition) is 5. The first-order chi connectivity index (χ1) is 13.2. The molecular weight excluding hydrogens is 364 g/mol. The smallest absolute Gasteiger partial charge is 0.411 e. The lowest BCUT2D eigenvalue weighted by Crippen LogP contribution is -2.50. The molecule has 8 nitrogen and oxygen atoms in total. The van der Waals surface area contributed by atoms with Gasteiger partial charge in [-0.3, -0.25) is 9.69 Å². The van der Waals surface area contributed by atoms with Gasteiger partial charge in [-0.15, -0.1) is 0 Å². The minimum atomic E-state index is -1.33. The van der Waals surface area contributed by atoms with Gasteiger partial charge in [0.2, 0.25) is 5.91 Å². The van der Waals surface area contributed by atoms with Crippen molar-refractivity contribution < 1.29 is 29.0 Å². The molecule has 2 rings (SSSR count). The minimum Gasteiger partial charge on any atom is -0.480 e. The molecule has 0 radical (unpaired) electrons. The second kappa shape index (κ2) is 9.54. The van der Waals surface area contributed by atoms with Crippen LogP contribution in [0, 0.1) is 0 Å². The lowest BCUT2D eigenvalue weighted by molar-refractivity contribution is -0.148. The number of benzene rings is 1. The fourth-order valence-corrected chi connectivity index (χ4v) is 2.84. The fourth-order valence-electron chi connectivity index (χ4n) is 2.84. The predicted molar refractivity (Wildman–Crippen MR) is 102 cm³/mol. The molecule has 1 aromatic carbocycles. The SMILES string of the molecule is CC(C)(C)OC(=O)N(Cc1ccccc1)C(CC(=O)N1CCOCC1)C(=O)O. The highest BCUT2D eigenvalue weighted by atomic mass is 16.6. The van der Waals surface area contributed by atoms with Gasteiger partial charge in [-0.1, -0.05) is 30.3 Å². The van der Waals surface area contributed by atoms with Gasteiger partial charge in [-0.2, -0.15) is 0 Å². The number of nitrogens with zero attached hydrogens (tertiary/aromatic N) is 2. The van der Waals surface area contributed by atoms with E-state index in [-0.39, 0.29) is 18.9 Å². The Morgan fingerprint density at radius 3 is 2.32 bits per heavy atom. The number of carbonyl (C=O) groups excluding carboxylic acids is 2. The van der Waals surface area contributed by atoms with Gasteiger partial charge >= 0.3 is 12.1 Å². The summed E-state index contributed by atoms with van der Waals surface area (Å²) in [6, 6.07) is 7.69. The first-order valence-electron chi connectivity index (χ1n) is 9.29. The summed E-state index contributed by atoms with van der Waals surface area (Å²) >= 11 is 0. The van der Waals surface area contributed by atoms with Gasteiger partial charge in [0.25, 0.3) is 0 Å². The molecule has 1 unspecified atom stereocenters. The van der Waals surface area contributed by atoms with Gasteiger partial charge in [0.05, 0.1) is 19.6 Å². The topological polar surface area (TPSA) is 96.4 Å². The first kappa shape index (κ1) is 21.7. The molecule has 154 valence electrons. The normalized spacial score (nSPS) is 15.6. The van der Waals surface area contributed by atoms with Crippen LogP contribution in [0.2, 0.25) is 0 Å². The van der Waals surface area contributed by atoms with Crippen LogP contribution in [-0.4, -0.2) is 70.8 Å². The Bertz CT molecular complexity index is 680. The van der Waals surface area contributed by atoms with E-state index in [1.54, 1.807) is 49.9 Å². The lowest BCUT2D eigenvalue weighted by atomic mass is 10.1. The lowest BCUT2D eigenvalue weighted by Gasteiger charge is -2.33. The molecule has 0 spiro atoms. The van der Waals surface area contributed by atoms with Crippen molar-refractivity contribution in [3.05, 3.63) is 35.9 Å². The van der Waals surface area contributed by atoms with Gasteiger partial charge in [-0.25, -0.2) is 9.59 Å². The highest BCUT2D eigenvalue weighted by Gasteiger charge is 2.36. The number of carboxylic acid groups (broad SMARTS) is 1. The van der Waals surface area contributed by atoms with Crippen molar-refractivity contribution in [1.82, 2.24) is 9.80 Å². The number of rotatable bonds is 6. The molecular formula is C20H28N2O6. The Morgan fingerprint density at radius 2 is 1.79 bits per heavy atom. The molecule has 1 heterocycles. The second-order valence-corrected chi connectivity index (χ2v) is 7.65. The van der Waals surface area contributed by atoms with Crippen molar-refractivity contribution in [3.8, 4) is 0 Å². The summed E-state index contributed by atoms with van der Waals surface area (Å²) in [5.41, 5.74) is -0.0399. The third kappa shape index (κ3) is 6.53. The standard InChI is InChI=1S/C20H28N2O6/c1-20(2,3)28-19(26)22(14-15-7-5-4-6-8-15)16(18(24)25)13-17(23)21-9-11-27-12-10-21/h4-8,16H,9-14H2,1-3H3,(H,24,25). The highest BCUT2D eigenvalue weighted by Crippen LogP contribution is 2.18. The van der Waals surface area contributed by atoms with E-state index in [0.29, 0.717) is 26.3 Å². The second-order valence-electron chi connectivity index (χ2n) is 7.65. The van der Waals surface area contributed by atoms with E-state index >= 15 is 0 Å². The third-order valence-corrected chi connectivity index (χ3v) is 4.22. The van der Waals surface area contributed by atoms with E-state index < -0.39 is 23.7 Å². The Kier molecular flexibility index (Phi) is 7.39. The number of ether oxygens (including phenoxy) is 2. The maximum atomic E-state index is 12.8. The average molecular weight is 392 g/mol. The zero-order chi connectivity index (χ0) is 20.7. The van der Waals surface area contributed by atoms with Gasteiger partial charge in [0.15, 0.2) is 0 Å². The monoisotopic (exact) mass is 392 g/mol. The maximum absolute atomic E-state index is 12.8. The number of carbonyl (C=O) groups is 3. The third-order valence-electron chi connectivity index (χ3n) is 4.22. The van der Waals surface area contributed by atoms with Crippen LogP contribution in [0.3, 0.4) is 0 Å². The molecule has 1 aromatic rings. The fraction of sp³-hybridized carbons (Fsp3) is 0.550. The first-order valence-corrected chi connectivity index (χ1v) is 9.29. The maximum Gasteiger partial charge on any atom is 0.411 e. The summed E-state index contributed by atoms with van der Waals surface area (Å²) in [7, 11) is 0. The van der Waals surface area contributed by atoms with Crippen molar-refractivity contribution >= 4 is 18.0 Å². The van der Waals surface area contributed by atoms with Crippen LogP contribution in [-0.2, 0) is 25.6 Å². The number of morpholine rings is 1. The summed E-state index contributed by atoms with van der Waals surface area (Å²) in [6.45, 7) is 6.82. The molecule has 1 atom stereocenters. The van der Waals surface area contributed by atoms with Crippen molar-refractivity contribution in [3.63, 3.8) is 0 Å². The van der Waals surface area contributed by atoms with E-state index in [1.807, 2.05) is 6.07 Å². The average Bonchev–Trinajstić information content (AvgIpc) is 2.64. The van der Waals surface area contributed by atoms with E-state index in [9.17, 15) is 19.5 Å². The number of carboxylic acids is 1. The molecule has 1 aliphatic rings. The molecule has 28 heavy (non-hydrogen) atoms. The van der Waals surface area contributed by atoms with Crippen LogP contribution < -0.4 is 0 Å². The van der Waals surface area contributed by atoms with Crippen LogP contribution in [0.25, 0.3) is 0 Å². The Morgan fingerprint density at radius 1 is 1.18 bits per heavy atom. The summed E-state index contributed by atoms with van der Waals surface area (Å²) < 4.78 is 10.6. The molecule has 1 aliphatic heterocycles. The van der Waals surface area contributed by atoms with E-state index in [1.165, 1.54) is 0 Å². The summed E-state index contributed by atoms with van der Waals surface area (Å²) in [6.07, 6.45) is -1.08. The Hall–Kier alpha value is -2.61. The van der Waals surface area contributed by atoms with E-state index in [4.69, 9.17) is 9.47 Å². The van der Waals surface area contributed by atoms with Crippen LogP contribution >= 0.6 is 0 Å². The summed E-state index contributed by atoms with van der Waals surface area (Å²) in [5, 5.41) is 9.77. The zero-order valence-corrected chi connectivity index (χ0v) is 16.6. The zero-order valence-electron chi connectivity index (χ0n) is 16.6. The van der Waals surface area contributed by atoms with Crippen molar-refractivity contribution in [2.24, 2.45) is 0 Å². The molecule has 1 N–H and O–H groups in total. The highest BCUT2D eigenvalue weighted by molar-refractivity contribution is 5.87. The Balaban J connectivity index is 2.23. The molecule has 1 fully saturated rings. The van der Waals surface area contributed by atoms with Crippen molar-refractivity contribution in [2.75, 3.05) is 26.3 Å². The predicted octanol–water partition coefficient (Wildman–Crippen LogP) is 2.13. The minimum absolute atomic E-state index is 0.0309. The molecule has 8 heteroatoms. The van der Waals surface area contributed by atoms with Crippen LogP contribution in [0.1, 0.15) is 32.8 Å². The van der Waals surface area contributed by atoms with Crippen LogP contribution in [0.15, 0.2) is 30.3 Å². The largest absolute Gasteiger partial charge is 0.480 e. The number of amides is 2. The van der Waals surface area contributed by atoms with Crippen molar-refractivity contribution in [1.29, 1.82) is 0 Å². The van der Waals surface area contributed by atoms with Gasteiger partial charge in [0.1, 0.15) is 11.6 Å². The van der Waals surface area contributed by atoms with Crippen LogP contribution in [0.5, 0.6) is 0 Å². The molecule has 0 aromatic heterocycles. The Labute approximate surface area is 165 Å². The summed E-state index contributed by atoms with van der Waals surface area (Å²) in [5.74, 6) is -1.57. The molecule has 0 bridgehead atoms. The molecule has 2 amide bonds. The summed E-state index contributed by atoms with van der Waals surface area (Å²) in [4.78, 5) is 40.0.